The fraction of sp³-hybridized carbons (Fsp3) is 0.900. The van der Waals surface area contributed by atoms with Crippen molar-refractivity contribution in [2.24, 2.45) is 11.8 Å². The molecule has 74 valence electrons. The van der Waals surface area contributed by atoms with E-state index < -0.39 is 0 Å². The third-order valence-corrected chi connectivity index (χ3v) is 2.97. The number of hydrogen-bond donors (Lipinski definition) is 2. The van der Waals surface area contributed by atoms with Crippen LogP contribution in [0.2, 0.25) is 0 Å². The first-order valence-corrected chi connectivity index (χ1v) is 5.26. The van der Waals surface area contributed by atoms with Crippen LogP contribution in [0.15, 0.2) is 0 Å². The van der Waals surface area contributed by atoms with Crippen molar-refractivity contribution in [3.05, 3.63) is 0 Å². The summed E-state index contributed by atoms with van der Waals surface area (Å²) in [6, 6.07) is 0.630. The lowest BCUT2D eigenvalue weighted by molar-refractivity contribution is -0.120. The van der Waals surface area contributed by atoms with Gasteiger partial charge in [0.15, 0.2) is 0 Å². The van der Waals surface area contributed by atoms with Gasteiger partial charge in [-0.2, -0.15) is 0 Å². The van der Waals surface area contributed by atoms with E-state index in [1.54, 1.807) is 0 Å². The van der Waals surface area contributed by atoms with E-state index in [2.05, 4.69) is 17.6 Å². The van der Waals surface area contributed by atoms with Crippen molar-refractivity contribution < 1.29 is 4.79 Å². The highest BCUT2D eigenvalue weighted by Gasteiger charge is 2.32. The molecule has 2 fully saturated rings. The molecule has 1 amide bonds. The Labute approximate surface area is 79.3 Å². The summed E-state index contributed by atoms with van der Waals surface area (Å²) in [6.07, 6.45) is 3.77. The van der Waals surface area contributed by atoms with Gasteiger partial charge in [0.1, 0.15) is 0 Å². The van der Waals surface area contributed by atoms with Crippen molar-refractivity contribution in [3.8, 4) is 0 Å². The number of rotatable bonds is 5. The van der Waals surface area contributed by atoms with Crippen LogP contribution in [0, 0.1) is 11.8 Å². The van der Waals surface area contributed by atoms with Crippen molar-refractivity contribution in [1.29, 1.82) is 0 Å². The van der Waals surface area contributed by atoms with Crippen LogP contribution in [0.4, 0.5) is 0 Å². The number of amides is 1. The topological polar surface area (TPSA) is 41.1 Å². The number of carbonyl (C=O) groups excluding carboxylic acids is 1. The quantitative estimate of drug-likeness (QED) is 0.650. The lowest BCUT2D eigenvalue weighted by Crippen LogP contribution is -2.35. The molecule has 0 bridgehead atoms. The molecule has 0 spiro atoms. The van der Waals surface area contributed by atoms with Crippen LogP contribution < -0.4 is 10.6 Å². The Morgan fingerprint density at radius 3 is 2.69 bits per heavy atom. The largest absolute Gasteiger partial charge is 0.355 e. The van der Waals surface area contributed by atoms with Crippen LogP contribution >= 0.6 is 0 Å². The highest BCUT2D eigenvalue weighted by atomic mass is 16.1. The summed E-state index contributed by atoms with van der Waals surface area (Å²) in [5.41, 5.74) is 0. The number of carbonyl (C=O) groups is 1. The first-order chi connectivity index (χ1) is 6.25. The summed E-state index contributed by atoms with van der Waals surface area (Å²) in [5.74, 6) is 1.74. The molecule has 0 radical (unpaired) electrons. The minimum absolute atomic E-state index is 0.158. The first-order valence-electron chi connectivity index (χ1n) is 5.26. The van der Waals surface area contributed by atoms with Gasteiger partial charge >= 0.3 is 0 Å². The average molecular weight is 182 g/mol. The Hall–Kier alpha value is -0.570. The molecule has 3 heteroatoms. The zero-order valence-corrected chi connectivity index (χ0v) is 8.18. The lowest BCUT2D eigenvalue weighted by Gasteiger charge is -2.04. The molecule has 2 aliphatic carbocycles. The van der Waals surface area contributed by atoms with Crippen molar-refractivity contribution in [1.82, 2.24) is 10.6 Å². The highest BCUT2D eigenvalue weighted by molar-refractivity contribution is 5.78. The summed E-state index contributed by atoms with van der Waals surface area (Å²) < 4.78 is 0. The maximum atomic E-state index is 11.2. The maximum Gasteiger partial charge on any atom is 0.233 e. The van der Waals surface area contributed by atoms with Crippen LogP contribution in [0.1, 0.15) is 26.2 Å². The zero-order valence-electron chi connectivity index (χ0n) is 8.18. The van der Waals surface area contributed by atoms with E-state index in [1.807, 2.05) is 0 Å². The van der Waals surface area contributed by atoms with Crippen LogP contribution in [0.25, 0.3) is 0 Å². The van der Waals surface area contributed by atoms with Crippen molar-refractivity contribution in [2.45, 2.75) is 32.2 Å². The molecule has 2 aliphatic rings. The van der Waals surface area contributed by atoms with E-state index in [9.17, 15) is 4.79 Å². The molecule has 2 saturated carbocycles. The second-order valence-electron chi connectivity index (χ2n) is 4.43. The predicted octanol–water partition coefficient (Wildman–Crippen LogP) is 0.511. The molecule has 3 nitrogen and oxygen atoms in total. The van der Waals surface area contributed by atoms with Gasteiger partial charge in [-0.15, -0.1) is 0 Å². The summed E-state index contributed by atoms with van der Waals surface area (Å²) in [5, 5.41) is 6.16. The molecule has 2 unspecified atom stereocenters. The normalized spacial score (nSPS) is 31.5. The fourth-order valence-electron chi connectivity index (χ4n) is 1.52. The number of hydrogen-bond acceptors (Lipinski definition) is 2. The van der Waals surface area contributed by atoms with Gasteiger partial charge in [-0.1, -0.05) is 6.92 Å². The monoisotopic (exact) mass is 182 g/mol. The van der Waals surface area contributed by atoms with Gasteiger partial charge in [-0.25, -0.2) is 0 Å². The maximum absolute atomic E-state index is 11.2. The van der Waals surface area contributed by atoms with Gasteiger partial charge < -0.3 is 10.6 Å². The molecule has 0 heterocycles. The lowest BCUT2D eigenvalue weighted by atomic mass is 10.3. The van der Waals surface area contributed by atoms with Crippen LogP contribution in [-0.4, -0.2) is 25.0 Å². The van der Waals surface area contributed by atoms with E-state index in [0.29, 0.717) is 12.6 Å². The van der Waals surface area contributed by atoms with Gasteiger partial charge in [0.05, 0.1) is 6.54 Å². The summed E-state index contributed by atoms with van der Waals surface area (Å²) in [6.45, 7) is 3.62. The van der Waals surface area contributed by atoms with E-state index in [1.165, 1.54) is 19.3 Å². The van der Waals surface area contributed by atoms with Crippen molar-refractivity contribution in [2.75, 3.05) is 13.1 Å². The van der Waals surface area contributed by atoms with Crippen molar-refractivity contribution in [3.63, 3.8) is 0 Å². The molecule has 0 aliphatic heterocycles. The van der Waals surface area contributed by atoms with E-state index in [0.717, 1.165) is 18.4 Å². The third-order valence-electron chi connectivity index (χ3n) is 2.97. The molecule has 2 rings (SSSR count). The molecule has 2 N–H and O–H groups in total. The second-order valence-corrected chi connectivity index (χ2v) is 4.43. The third kappa shape index (κ3) is 2.99. The summed E-state index contributed by atoms with van der Waals surface area (Å²) in [7, 11) is 0. The smallest absolute Gasteiger partial charge is 0.233 e. The SMILES string of the molecule is CC1CC1CNC(=O)CNC1CC1. The fourth-order valence-corrected chi connectivity index (χ4v) is 1.52. The Kier molecular flexibility index (Phi) is 2.54. The Balaban J connectivity index is 1.50. The number of nitrogens with one attached hydrogen (secondary N) is 2. The predicted molar refractivity (Wildman–Crippen MR) is 51.3 cm³/mol. The second kappa shape index (κ2) is 3.66. The Bertz CT molecular complexity index is 201. The van der Waals surface area contributed by atoms with Gasteiger partial charge in [-0.3, -0.25) is 4.79 Å². The average Bonchev–Trinajstić information content (AvgIpc) is 2.95. The molecule has 0 aromatic rings. The van der Waals surface area contributed by atoms with Crippen molar-refractivity contribution >= 4 is 5.91 Å². The zero-order chi connectivity index (χ0) is 9.26. The first kappa shape index (κ1) is 9.00. The van der Waals surface area contributed by atoms with Gasteiger partial charge in [0, 0.05) is 12.6 Å². The van der Waals surface area contributed by atoms with E-state index in [4.69, 9.17) is 0 Å². The Morgan fingerprint density at radius 2 is 2.15 bits per heavy atom. The van der Waals surface area contributed by atoms with Gasteiger partial charge in [0.2, 0.25) is 5.91 Å². The minimum Gasteiger partial charge on any atom is -0.355 e. The molecule has 0 aromatic heterocycles. The van der Waals surface area contributed by atoms with Gasteiger partial charge in [0.25, 0.3) is 0 Å². The summed E-state index contributed by atoms with van der Waals surface area (Å²) in [4.78, 5) is 11.2. The molecule has 2 atom stereocenters. The standard InChI is InChI=1S/C10H18N2O/c1-7-4-8(7)5-12-10(13)6-11-9-2-3-9/h7-9,11H,2-6H2,1H3,(H,12,13). The van der Waals surface area contributed by atoms with Crippen LogP contribution in [0.5, 0.6) is 0 Å². The molecule has 0 saturated heterocycles. The van der Waals surface area contributed by atoms with E-state index in [-0.39, 0.29) is 5.91 Å². The molecular formula is C10H18N2O. The van der Waals surface area contributed by atoms with Gasteiger partial charge in [-0.05, 0) is 31.1 Å². The summed E-state index contributed by atoms with van der Waals surface area (Å²) >= 11 is 0. The minimum atomic E-state index is 0.158. The molecule has 13 heavy (non-hydrogen) atoms. The molecular weight excluding hydrogens is 164 g/mol. The Morgan fingerprint density at radius 1 is 1.46 bits per heavy atom. The van der Waals surface area contributed by atoms with Crippen LogP contribution in [0.3, 0.4) is 0 Å². The molecule has 0 aromatic carbocycles. The van der Waals surface area contributed by atoms with Crippen LogP contribution in [-0.2, 0) is 4.79 Å². The van der Waals surface area contributed by atoms with E-state index >= 15 is 0 Å². The highest BCUT2D eigenvalue weighted by Crippen LogP contribution is 2.36.